The highest BCUT2D eigenvalue weighted by molar-refractivity contribution is 7.10. The number of carbonyl (C=O) groups is 2. The molecule has 0 saturated carbocycles. The van der Waals surface area contributed by atoms with Crippen molar-refractivity contribution in [1.29, 1.82) is 0 Å². The van der Waals surface area contributed by atoms with Crippen LogP contribution in [0.2, 0.25) is 5.02 Å². The number of para-hydroxylation sites is 2. The molecule has 39 heavy (non-hydrogen) atoms. The van der Waals surface area contributed by atoms with Gasteiger partial charge in [0.25, 0.3) is 11.8 Å². The summed E-state index contributed by atoms with van der Waals surface area (Å²) < 4.78 is 22.0. The van der Waals surface area contributed by atoms with Crippen LogP contribution in [0.15, 0.2) is 83.9 Å². The molecule has 0 saturated heterocycles. The summed E-state index contributed by atoms with van der Waals surface area (Å²) in [6.07, 6.45) is 1.59. The summed E-state index contributed by atoms with van der Waals surface area (Å²) in [5.41, 5.74) is 0.594. The molecule has 0 radical (unpaired) electrons. The second-order valence-corrected chi connectivity index (χ2v) is 9.36. The lowest BCUT2D eigenvalue weighted by molar-refractivity contribution is -0.113. The molecule has 0 spiro atoms. The highest BCUT2D eigenvalue weighted by Crippen LogP contribution is 2.36. The number of anilines is 1. The van der Waals surface area contributed by atoms with E-state index < -0.39 is 11.8 Å². The molecule has 8 nitrogen and oxygen atoms in total. The van der Waals surface area contributed by atoms with Crippen LogP contribution in [0.3, 0.4) is 0 Å². The van der Waals surface area contributed by atoms with E-state index in [4.69, 9.17) is 30.5 Å². The first-order chi connectivity index (χ1) is 18.9. The Morgan fingerprint density at radius 1 is 0.795 bits per heavy atom. The van der Waals surface area contributed by atoms with E-state index >= 15 is 0 Å². The third-order valence-electron chi connectivity index (χ3n) is 5.45. The van der Waals surface area contributed by atoms with Crippen molar-refractivity contribution in [3.05, 3.63) is 99.3 Å². The SMILES string of the molecule is COc1ccc(C(=O)N/C(=C\c2cccs2)C(=O)Nc2cc(Cl)ccc2Oc2ccccc2OC)cc1OC. The third kappa shape index (κ3) is 6.90. The maximum absolute atomic E-state index is 13.5. The van der Waals surface area contributed by atoms with Crippen LogP contribution in [0, 0.1) is 0 Å². The zero-order valence-electron chi connectivity index (χ0n) is 21.3. The molecule has 0 atom stereocenters. The largest absolute Gasteiger partial charge is 0.493 e. The molecule has 4 rings (SSSR count). The van der Waals surface area contributed by atoms with Gasteiger partial charge in [-0.05, 0) is 66.1 Å². The Hall–Kier alpha value is -4.47. The van der Waals surface area contributed by atoms with Gasteiger partial charge in [-0.3, -0.25) is 9.59 Å². The number of hydrogen-bond donors (Lipinski definition) is 2. The highest BCUT2D eigenvalue weighted by atomic mass is 35.5. The molecule has 1 aromatic heterocycles. The first-order valence-corrected chi connectivity index (χ1v) is 12.9. The van der Waals surface area contributed by atoms with Gasteiger partial charge >= 0.3 is 0 Å². The lowest BCUT2D eigenvalue weighted by Crippen LogP contribution is -2.30. The van der Waals surface area contributed by atoms with Crippen LogP contribution < -0.4 is 29.6 Å². The van der Waals surface area contributed by atoms with Gasteiger partial charge in [-0.15, -0.1) is 11.3 Å². The van der Waals surface area contributed by atoms with Gasteiger partial charge in [-0.25, -0.2) is 0 Å². The van der Waals surface area contributed by atoms with E-state index in [-0.39, 0.29) is 11.3 Å². The predicted molar refractivity (Wildman–Crippen MR) is 152 cm³/mol. The summed E-state index contributed by atoms with van der Waals surface area (Å²) in [7, 11) is 4.52. The van der Waals surface area contributed by atoms with Gasteiger partial charge in [0.05, 0.1) is 27.0 Å². The summed E-state index contributed by atoms with van der Waals surface area (Å²) in [5.74, 6) is 1.08. The fraction of sp³-hybridized carbons (Fsp3) is 0.103. The smallest absolute Gasteiger partial charge is 0.272 e. The van der Waals surface area contributed by atoms with Gasteiger partial charge in [0.2, 0.25) is 0 Å². The number of nitrogens with one attached hydrogen (secondary N) is 2. The summed E-state index contributed by atoms with van der Waals surface area (Å²) in [6, 6.07) is 20.4. The predicted octanol–water partition coefficient (Wildman–Crippen LogP) is 6.63. The first kappa shape index (κ1) is 27.6. The first-order valence-electron chi connectivity index (χ1n) is 11.6. The lowest BCUT2D eigenvalue weighted by Gasteiger charge is -2.16. The van der Waals surface area contributed by atoms with E-state index in [1.54, 1.807) is 54.6 Å². The van der Waals surface area contributed by atoms with Crippen molar-refractivity contribution >= 4 is 46.5 Å². The van der Waals surface area contributed by atoms with E-state index in [2.05, 4.69) is 10.6 Å². The molecule has 4 aromatic rings. The lowest BCUT2D eigenvalue weighted by atomic mass is 10.1. The quantitative estimate of drug-likeness (QED) is 0.210. The molecule has 0 aliphatic carbocycles. The number of halogens is 1. The van der Waals surface area contributed by atoms with Crippen molar-refractivity contribution in [2.75, 3.05) is 26.6 Å². The summed E-state index contributed by atoms with van der Waals surface area (Å²) in [5, 5.41) is 7.77. The Bertz CT molecular complexity index is 1500. The van der Waals surface area contributed by atoms with Crippen LogP contribution in [0.4, 0.5) is 5.69 Å². The molecule has 10 heteroatoms. The molecule has 0 unspecified atom stereocenters. The van der Waals surface area contributed by atoms with Crippen molar-refractivity contribution in [2.45, 2.75) is 0 Å². The molecule has 1 heterocycles. The van der Waals surface area contributed by atoms with Crippen LogP contribution in [0.25, 0.3) is 6.08 Å². The molecule has 200 valence electrons. The fourth-order valence-corrected chi connectivity index (χ4v) is 4.38. The number of ether oxygens (including phenoxy) is 4. The van der Waals surface area contributed by atoms with Gasteiger partial charge < -0.3 is 29.6 Å². The van der Waals surface area contributed by atoms with Crippen molar-refractivity contribution < 1.29 is 28.5 Å². The van der Waals surface area contributed by atoms with Crippen LogP contribution >= 0.6 is 22.9 Å². The molecule has 3 aromatic carbocycles. The Labute approximate surface area is 234 Å². The highest BCUT2D eigenvalue weighted by Gasteiger charge is 2.19. The van der Waals surface area contributed by atoms with Crippen LogP contribution in [-0.2, 0) is 4.79 Å². The Morgan fingerprint density at radius 3 is 2.18 bits per heavy atom. The zero-order valence-corrected chi connectivity index (χ0v) is 22.9. The van der Waals surface area contributed by atoms with Crippen molar-refractivity contribution in [1.82, 2.24) is 5.32 Å². The maximum atomic E-state index is 13.5. The number of hydrogen-bond acceptors (Lipinski definition) is 7. The van der Waals surface area contributed by atoms with E-state index in [0.717, 1.165) is 4.88 Å². The van der Waals surface area contributed by atoms with Crippen LogP contribution in [-0.4, -0.2) is 33.1 Å². The molecular weight excluding hydrogens is 540 g/mol. The van der Waals surface area contributed by atoms with Crippen molar-refractivity contribution in [2.24, 2.45) is 0 Å². The molecule has 0 bridgehead atoms. The second kappa shape index (κ2) is 12.9. The number of thiophene rings is 1. The van der Waals surface area contributed by atoms with Gasteiger partial charge in [-0.2, -0.15) is 0 Å². The zero-order chi connectivity index (χ0) is 27.8. The molecular formula is C29H25ClN2O6S. The number of carbonyl (C=O) groups excluding carboxylic acids is 2. The topological polar surface area (TPSA) is 95.1 Å². The molecule has 2 N–H and O–H groups in total. The van der Waals surface area contributed by atoms with E-state index in [9.17, 15) is 9.59 Å². The average molecular weight is 565 g/mol. The minimum absolute atomic E-state index is 0.0143. The van der Waals surface area contributed by atoms with Crippen LogP contribution in [0.5, 0.6) is 28.7 Å². The van der Waals surface area contributed by atoms with Gasteiger partial charge in [0.1, 0.15) is 5.70 Å². The van der Waals surface area contributed by atoms with E-state index in [1.165, 1.54) is 38.7 Å². The Balaban J connectivity index is 1.63. The van der Waals surface area contributed by atoms with Gasteiger partial charge in [0, 0.05) is 15.5 Å². The number of amides is 2. The molecule has 0 aliphatic heterocycles. The third-order valence-corrected chi connectivity index (χ3v) is 6.50. The molecule has 2 amide bonds. The number of rotatable bonds is 10. The molecule has 0 fully saturated rings. The maximum Gasteiger partial charge on any atom is 0.272 e. The average Bonchev–Trinajstić information content (AvgIpc) is 3.47. The van der Waals surface area contributed by atoms with Crippen molar-refractivity contribution in [3.63, 3.8) is 0 Å². The summed E-state index contributed by atoms with van der Waals surface area (Å²) in [4.78, 5) is 27.4. The summed E-state index contributed by atoms with van der Waals surface area (Å²) in [6.45, 7) is 0. The van der Waals surface area contributed by atoms with E-state index in [1.807, 2.05) is 23.6 Å². The fourth-order valence-electron chi connectivity index (χ4n) is 3.55. The monoisotopic (exact) mass is 564 g/mol. The Morgan fingerprint density at radius 2 is 1.49 bits per heavy atom. The summed E-state index contributed by atoms with van der Waals surface area (Å²) >= 11 is 7.65. The van der Waals surface area contributed by atoms with E-state index in [0.29, 0.717) is 39.5 Å². The minimum Gasteiger partial charge on any atom is -0.493 e. The van der Waals surface area contributed by atoms with Gasteiger partial charge in [0.15, 0.2) is 28.7 Å². The number of benzene rings is 3. The number of methoxy groups -OCH3 is 3. The second-order valence-electron chi connectivity index (χ2n) is 7.94. The van der Waals surface area contributed by atoms with Crippen LogP contribution in [0.1, 0.15) is 15.2 Å². The normalized spacial score (nSPS) is 10.9. The van der Waals surface area contributed by atoms with Crippen molar-refractivity contribution in [3.8, 4) is 28.7 Å². The minimum atomic E-state index is -0.579. The van der Waals surface area contributed by atoms with Gasteiger partial charge in [-0.1, -0.05) is 29.8 Å². The molecule has 0 aliphatic rings. The standard InChI is InChI=1S/C29H25ClN2O6S/c1-35-24-8-4-5-9-26(24)38-23-13-11-19(30)16-21(23)31-29(34)22(17-20-7-6-14-39-20)32-28(33)18-10-12-25(36-2)27(15-18)37-3/h4-17H,1-3H3,(H,31,34)(H,32,33)/b22-17-. The Kier molecular flexibility index (Phi) is 9.09.